The van der Waals surface area contributed by atoms with Crippen LogP contribution >= 0.6 is 0 Å². The summed E-state index contributed by atoms with van der Waals surface area (Å²) in [6.45, 7) is 1.05. The summed E-state index contributed by atoms with van der Waals surface area (Å²) >= 11 is 0. The van der Waals surface area contributed by atoms with Crippen LogP contribution < -0.4 is 4.31 Å². The highest BCUT2D eigenvalue weighted by molar-refractivity contribution is 7.92. The maximum absolute atomic E-state index is 13.2. The Balaban J connectivity index is 2.53. The van der Waals surface area contributed by atoms with Crippen LogP contribution in [0.5, 0.6) is 0 Å². The van der Waals surface area contributed by atoms with Gasteiger partial charge in [-0.25, -0.2) is 17.6 Å². The third-order valence-electron chi connectivity index (χ3n) is 3.53. The van der Waals surface area contributed by atoms with Crippen molar-refractivity contribution in [1.29, 1.82) is 0 Å². The van der Waals surface area contributed by atoms with Gasteiger partial charge in [0.15, 0.2) is 0 Å². The highest BCUT2D eigenvalue weighted by Crippen LogP contribution is 2.25. The Morgan fingerprint density at radius 2 is 1.78 bits per heavy atom. The first-order valence-corrected chi connectivity index (χ1v) is 9.36. The molecule has 0 amide bonds. The smallest absolute Gasteiger partial charge is 0.337 e. The summed E-state index contributed by atoms with van der Waals surface area (Å²) in [4.78, 5) is 23.5. The zero-order chi connectivity index (χ0) is 20.0. The number of carbonyl (C=O) groups is 2. The van der Waals surface area contributed by atoms with Crippen LogP contribution in [0.2, 0.25) is 0 Å². The van der Waals surface area contributed by atoms with E-state index in [0.29, 0.717) is 0 Å². The fourth-order valence-corrected chi connectivity index (χ4v) is 3.68. The van der Waals surface area contributed by atoms with Crippen LogP contribution in [0.25, 0.3) is 0 Å². The van der Waals surface area contributed by atoms with Gasteiger partial charge in [-0.05, 0) is 49.4 Å². The van der Waals surface area contributed by atoms with Crippen molar-refractivity contribution in [1.82, 2.24) is 0 Å². The van der Waals surface area contributed by atoms with E-state index in [1.165, 1.54) is 31.4 Å². The molecule has 9 heteroatoms. The minimum atomic E-state index is -4.22. The Bertz CT molecular complexity index is 927. The Morgan fingerprint density at radius 3 is 2.37 bits per heavy atom. The average Bonchev–Trinajstić information content (AvgIpc) is 2.66. The number of halogens is 1. The highest BCUT2D eigenvalue weighted by atomic mass is 32.2. The predicted octanol–water partition coefficient (Wildman–Crippen LogP) is 2.37. The normalized spacial score (nSPS) is 10.9. The van der Waals surface area contributed by atoms with E-state index in [0.717, 1.165) is 28.6 Å². The molecular formula is C18H18FNO6S. The maximum Gasteiger partial charge on any atom is 0.337 e. The number of benzene rings is 2. The molecule has 0 spiro atoms. The first-order chi connectivity index (χ1) is 12.8. The second-order valence-corrected chi connectivity index (χ2v) is 7.17. The van der Waals surface area contributed by atoms with Crippen molar-refractivity contribution >= 4 is 27.6 Å². The van der Waals surface area contributed by atoms with Gasteiger partial charge < -0.3 is 9.47 Å². The molecule has 0 aromatic heterocycles. The van der Waals surface area contributed by atoms with E-state index in [2.05, 4.69) is 4.74 Å². The minimum Gasteiger partial charge on any atom is -0.465 e. The number of nitrogens with zero attached hydrogens (tertiary/aromatic N) is 1. The van der Waals surface area contributed by atoms with E-state index in [1.54, 1.807) is 6.92 Å². The topological polar surface area (TPSA) is 90.0 Å². The number of esters is 2. The molecule has 2 aromatic rings. The van der Waals surface area contributed by atoms with Crippen molar-refractivity contribution in [2.75, 3.05) is 24.6 Å². The van der Waals surface area contributed by atoms with Gasteiger partial charge in [0, 0.05) is 0 Å². The van der Waals surface area contributed by atoms with Gasteiger partial charge in [-0.1, -0.05) is 6.07 Å². The molecule has 2 aromatic carbocycles. The molecule has 144 valence electrons. The molecule has 0 bridgehead atoms. The van der Waals surface area contributed by atoms with Crippen LogP contribution in [0.4, 0.5) is 10.1 Å². The maximum atomic E-state index is 13.2. The first kappa shape index (κ1) is 20.4. The fraction of sp³-hybridized carbons (Fsp3) is 0.222. The number of anilines is 1. The third kappa shape index (κ3) is 4.82. The van der Waals surface area contributed by atoms with Crippen LogP contribution in [-0.2, 0) is 24.3 Å². The largest absolute Gasteiger partial charge is 0.465 e. The SMILES string of the molecule is CCOC(=O)CN(c1cccc(C(=O)OC)c1)S(=O)(=O)c1ccc(F)cc1. The molecule has 0 heterocycles. The van der Waals surface area contributed by atoms with Crippen LogP contribution in [0.3, 0.4) is 0 Å². The molecule has 2 rings (SSSR count). The van der Waals surface area contributed by atoms with Gasteiger partial charge >= 0.3 is 11.9 Å². The molecule has 0 aliphatic heterocycles. The number of ether oxygens (including phenoxy) is 2. The predicted molar refractivity (Wildman–Crippen MR) is 95.3 cm³/mol. The molecule has 7 nitrogen and oxygen atoms in total. The lowest BCUT2D eigenvalue weighted by Crippen LogP contribution is -2.36. The zero-order valence-electron chi connectivity index (χ0n) is 14.7. The lowest BCUT2D eigenvalue weighted by molar-refractivity contribution is -0.141. The summed E-state index contributed by atoms with van der Waals surface area (Å²) in [7, 11) is -3.02. The monoisotopic (exact) mass is 395 g/mol. The molecule has 0 unspecified atom stereocenters. The van der Waals surface area contributed by atoms with Gasteiger partial charge in [-0.2, -0.15) is 0 Å². The van der Waals surface area contributed by atoms with Crippen molar-refractivity contribution < 1.29 is 31.9 Å². The Morgan fingerprint density at radius 1 is 1.11 bits per heavy atom. The molecule has 0 saturated heterocycles. The molecule has 0 N–H and O–H groups in total. The zero-order valence-corrected chi connectivity index (χ0v) is 15.5. The number of methoxy groups -OCH3 is 1. The van der Waals surface area contributed by atoms with Crippen LogP contribution in [0.15, 0.2) is 53.4 Å². The number of hydrogen-bond donors (Lipinski definition) is 0. The van der Waals surface area contributed by atoms with E-state index >= 15 is 0 Å². The lowest BCUT2D eigenvalue weighted by atomic mass is 10.2. The standard InChI is InChI=1S/C18H18FNO6S/c1-3-26-17(21)12-20(15-6-4-5-13(11-15)18(22)25-2)27(23,24)16-9-7-14(19)8-10-16/h4-11H,3,12H2,1-2H3. The Kier molecular flexibility index (Phi) is 6.51. The van der Waals surface area contributed by atoms with Crippen molar-refractivity contribution in [3.8, 4) is 0 Å². The van der Waals surface area contributed by atoms with Gasteiger partial charge in [0.2, 0.25) is 0 Å². The molecule has 0 aliphatic rings. The van der Waals surface area contributed by atoms with Crippen LogP contribution in [-0.4, -0.2) is 40.6 Å². The molecule has 0 radical (unpaired) electrons. The highest BCUT2D eigenvalue weighted by Gasteiger charge is 2.28. The van der Waals surface area contributed by atoms with Gasteiger partial charge in [0.05, 0.1) is 29.9 Å². The van der Waals surface area contributed by atoms with E-state index in [1.807, 2.05) is 0 Å². The summed E-state index contributed by atoms with van der Waals surface area (Å²) in [6, 6.07) is 9.79. The lowest BCUT2D eigenvalue weighted by Gasteiger charge is -2.24. The van der Waals surface area contributed by atoms with E-state index < -0.39 is 34.3 Å². The Hall–Kier alpha value is -2.94. The number of rotatable bonds is 7. The van der Waals surface area contributed by atoms with Gasteiger partial charge in [-0.3, -0.25) is 9.10 Å². The Labute approximate surface area is 156 Å². The van der Waals surface area contributed by atoms with Crippen molar-refractivity contribution in [2.24, 2.45) is 0 Å². The van der Waals surface area contributed by atoms with Crippen molar-refractivity contribution in [3.63, 3.8) is 0 Å². The molecular weight excluding hydrogens is 377 g/mol. The summed E-state index contributed by atoms with van der Waals surface area (Å²) in [5, 5.41) is 0. The van der Waals surface area contributed by atoms with Gasteiger partial charge in [0.1, 0.15) is 12.4 Å². The van der Waals surface area contributed by atoms with Gasteiger partial charge in [-0.15, -0.1) is 0 Å². The van der Waals surface area contributed by atoms with Crippen LogP contribution in [0, 0.1) is 5.82 Å². The van der Waals surface area contributed by atoms with E-state index in [-0.39, 0.29) is 22.8 Å². The molecule has 0 aliphatic carbocycles. The van der Waals surface area contributed by atoms with Crippen molar-refractivity contribution in [3.05, 3.63) is 59.9 Å². The molecule has 0 saturated carbocycles. The molecule has 0 atom stereocenters. The molecule has 27 heavy (non-hydrogen) atoms. The van der Waals surface area contributed by atoms with E-state index in [9.17, 15) is 22.4 Å². The average molecular weight is 395 g/mol. The summed E-state index contributed by atoms with van der Waals surface area (Å²) in [6.07, 6.45) is 0. The first-order valence-electron chi connectivity index (χ1n) is 7.92. The quantitative estimate of drug-likeness (QED) is 0.669. The third-order valence-corrected chi connectivity index (χ3v) is 5.32. The fourth-order valence-electron chi connectivity index (χ4n) is 2.28. The van der Waals surface area contributed by atoms with Gasteiger partial charge in [0.25, 0.3) is 10.0 Å². The minimum absolute atomic E-state index is 0.0651. The number of carbonyl (C=O) groups excluding carboxylic acids is 2. The van der Waals surface area contributed by atoms with Crippen molar-refractivity contribution in [2.45, 2.75) is 11.8 Å². The number of hydrogen-bond acceptors (Lipinski definition) is 6. The molecule has 0 fully saturated rings. The summed E-state index contributed by atoms with van der Waals surface area (Å²) in [5.41, 5.74) is 0.174. The second kappa shape index (κ2) is 8.63. The number of sulfonamides is 1. The van der Waals surface area contributed by atoms with E-state index in [4.69, 9.17) is 4.74 Å². The van der Waals surface area contributed by atoms with Crippen LogP contribution in [0.1, 0.15) is 17.3 Å². The summed E-state index contributed by atoms with van der Waals surface area (Å²) in [5.74, 6) is -2.03. The summed E-state index contributed by atoms with van der Waals surface area (Å²) < 4.78 is 49.5. The second-order valence-electron chi connectivity index (χ2n) is 5.31.